The van der Waals surface area contributed by atoms with Gasteiger partial charge in [-0.1, -0.05) is 17.7 Å². The number of aromatic nitrogens is 2. The van der Waals surface area contributed by atoms with Crippen molar-refractivity contribution in [3.63, 3.8) is 0 Å². The Balaban J connectivity index is 1.82. The van der Waals surface area contributed by atoms with Gasteiger partial charge >= 0.3 is 0 Å². The number of hydrogen-bond donors (Lipinski definition) is 2. The molecule has 0 fully saturated rings. The van der Waals surface area contributed by atoms with Gasteiger partial charge < -0.3 is 19.2 Å². The molecule has 0 saturated carbocycles. The molecular formula is C15H14ClN3O2S. The number of fused-ring (bicyclic) bond motifs is 1. The first-order valence-electron chi connectivity index (χ1n) is 6.50. The lowest BCUT2D eigenvalue weighted by atomic mass is 10.2. The van der Waals surface area contributed by atoms with Crippen LogP contribution in [0.3, 0.4) is 0 Å². The van der Waals surface area contributed by atoms with Gasteiger partial charge in [-0.2, -0.15) is 4.98 Å². The Kier molecular flexibility index (Phi) is 4.31. The normalized spacial score (nSPS) is 10.7. The van der Waals surface area contributed by atoms with Crippen LogP contribution in [-0.4, -0.2) is 24.2 Å². The van der Waals surface area contributed by atoms with Crippen molar-refractivity contribution in [3.05, 3.63) is 41.6 Å². The van der Waals surface area contributed by atoms with Crippen molar-refractivity contribution in [2.75, 3.05) is 18.9 Å². The van der Waals surface area contributed by atoms with E-state index < -0.39 is 0 Å². The van der Waals surface area contributed by atoms with E-state index in [9.17, 15) is 0 Å². The maximum Gasteiger partial charge on any atom is 0.241 e. The molecule has 2 heterocycles. The molecule has 0 aliphatic heterocycles. The number of anilines is 1. The van der Waals surface area contributed by atoms with Gasteiger partial charge in [-0.3, -0.25) is 0 Å². The van der Waals surface area contributed by atoms with Crippen molar-refractivity contribution in [1.29, 1.82) is 0 Å². The first-order valence-corrected chi connectivity index (χ1v) is 7.69. The van der Waals surface area contributed by atoms with Crippen molar-refractivity contribution >= 4 is 40.1 Å². The highest BCUT2D eigenvalue weighted by Crippen LogP contribution is 2.33. The van der Waals surface area contributed by atoms with E-state index in [2.05, 4.69) is 14.7 Å². The number of rotatable bonds is 5. The summed E-state index contributed by atoms with van der Waals surface area (Å²) in [5.41, 5.74) is 1.77. The lowest BCUT2D eigenvalue weighted by molar-refractivity contribution is 0.366. The molecule has 5 nitrogen and oxygen atoms in total. The highest BCUT2D eigenvalue weighted by atomic mass is 35.5. The minimum atomic E-state index is 0.481. The molecule has 0 spiro atoms. The number of hydrogen-bond acceptors (Lipinski definition) is 5. The molecule has 3 rings (SSSR count). The molecular weight excluding hydrogens is 322 g/mol. The molecule has 7 heteroatoms. The Morgan fingerprint density at radius 1 is 1.18 bits per heavy atom. The summed E-state index contributed by atoms with van der Waals surface area (Å²) in [7, 11) is 3.14. The summed E-state index contributed by atoms with van der Waals surface area (Å²) in [5, 5.41) is 1.81. The SMILES string of the molecule is COc1ccc(NSc2c[nH]c3cc(Cl)ccc23)c(OC)n1. The van der Waals surface area contributed by atoms with Crippen LogP contribution in [0.15, 0.2) is 41.4 Å². The van der Waals surface area contributed by atoms with E-state index in [0.717, 1.165) is 21.5 Å². The number of nitrogens with zero attached hydrogens (tertiary/aromatic N) is 1. The molecule has 0 atom stereocenters. The summed E-state index contributed by atoms with van der Waals surface area (Å²) < 4.78 is 13.6. The summed E-state index contributed by atoms with van der Waals surface area (Å²) in [6.07, 6.45) is 1.93. The largest absolute Gasteiger partial charge is 0.481 e. The van der Waals surface area contributed by atoms with Crippen LogP contribution in [0.1, 0.15) is 0 Å². The molecule has 0 saturated heterocycles. The van der Waals surface area contributed by atoms with Gasteiger partial charge in [0.2, 0.25) is 11.8 Å². The van der Waals surface area contributed by atoms with Gasteiger partial charge in [0.05, 0.1) is 19.1 Å². The molecule has 2 N–H and O–H groups in total. The van der Waals surface area contributed by atoms with Gasteiger partial charge in [0.15, 0.2) is 0 Å². The van der Waals surface area contributed by atoms with E-state index in [1.807, 2.05) is 30.5 Å². The Hall–Kier alpha value is -2.05. The molecule has 0 bridgehead atoms. The summed E-state index contributed by atoms with van der Waals surface area (Å²) in [5.74, 6) is 0.990. The van der Waals surface area contributed by atoms with Crippen LogP contribution in [-0.2, 0) is 0 Å². The van der Waals surface area contributed by atoms with E-state index >= 15 is 0 Å². The van der Waals surface area contributed by atoms with Crippen LogP contribution in [0, 0.1) is 0 Å². The van der Waals surface area contributed by atoms with Crippen molar-refractivity contribution in [2.24, 2.45) is 0 Å². The van der Waals surface area contributed by atoms with Crippen LogP contribution in [0.5, 0.6) is 11.8 Å². The second-order valence-corrected chi connectivity index (χ2v) is 5.74. The fraction of sp³-hybridized carbons (Fsp3) is 0.133. The zero-order chi connectivity index (χ0) is 15.5. The monoisotopic (exact) mass is 335 g/mol. The quantitative estimate of drug-likeness (QED) is 0.679. The van der Waals surface area contributed by atoms with Crippen molar-refractivity contribution in [3.8, 4) is 11.8 Å². The van der Waals surface area contributed by atoms with Gasteiger partial charge in [0.1, 0.15) is 5.69 Å². The maximum absolute atomic E-state index is 5.99. The molecule has 114 valence electrons. The molecule has 0 unspecified atom stereocenters. The van der Waals surface area contributed by atoms with Gasteiger partial charge in [0, 0.05) is 28.2 Å². The average molecular weight is 336 g/mol. The number of benzene rings is 1. The van der Waals surface area contributed by atoms with Crippen molar-refractivity contribution < 1.29 is 9.47 Å². The highest BCUT2D eigenvalue weighted by molar-refractivity contribution is 8.00. The summed E-state index contributed by atoms with van der Waals surface area (Å²) in [6.45, 7) is 0. The zero-order valence-corrected chi connectivity index (χ0v) is 13.6. The number of halogens is 1. The number of ether oxygens (including phenoxy) is 2. The molecule has 0 aliphatic carbocycles. The topological polar surface area (TPSA) is 59.2 Å². The van der Waals surface area contributed by atoms with E-state index in [1.54, 1.807) is 20.3 Å². The molecule has 2 aromatic heterocycles. The average Bonchev–Trinajstić information content (AvgIpc) is 2.94. The number of aromatic amines is 1. The third-order valence-corrected chi connectivity index (χ3v) is 4.23. The van der Waals surface area contributed by atoms with E-state index in [-0.39, 0.29) is 0 Å². The van der Waals surface area contributed by atoms with E-state index in [4.69, 9.17) is 21.1 Å². The van der Waals surface area contributed by atoms with Crippen molar-refractivity contribution in [2.45, 2.75) is 4.90 Å². The van der Waals surface area contributed by atoms with Gasteiger partial charge in [-0.15, -0.1) is 0 Å². The molecule has 22 heavy (non-hydrogen) atoms. The lowest BCUT2D eigenvalue weighted by Gasteiger charge is -2.10. The first kappa shape index (κ1) is 14.9. The van der Waals surface area contributed by atoms with Gasteiger partial charge in [0.25, 0.3) is 0 Å². The molecule has 1 aromatic carbocycles. The second kappa shape index (κ2) is 6.37. The number of nitrogens with one attached hydrogen (secondary N) is 2. The van der Waals surface area contributed by atoms with Crippen LogP contribution < -0.4 is 14.2 Å². The van der Waals surface area contributed by atoms with E-state index in [0.29, 0.717) is 16.8 Å². The summed E-state index contributed by atoms with van der Waals surface area (Å²) in [4.78, 5) is 8.50. The van der Waals surface area contributed by atoms with Crippen LogP contribution in [0.2, 0.25) is 5.02 Å². The zero-order valence-electron chi connectivity index (χ0n) is 12.0. The summed E-state index contributed by atoms with van der Waals surface area (Å²) in [6, 6.07) is 9.40. The fourth-order valence-electron chi connectivity index (χ4n) is 2.04. The predicted molar refractivity (Wildman–Crippen MR) is 90.1 cm³/mol. The Morgan fingerprint density at radius 2 is 2.05 bits per heavy atom. The molecule has 3 aromatic rings. The van der Waals surface area contributed by atoms with Crippen LogP contribution in [0.4, 0.5) is 5.69 Å². The number of methoxy groups -OCH3 is 2. The predicted octanol–water partition coefficient (Wildman–Crippen LogP) is 4.35. The second-order valence-electron chi connectivity index (χ2n) is 4.46. The lowest BCUT2D eigenvalue weighted by Crippen LogP contribution is -1.97. The molecule has 0 amide bonds. The highest BCUT2D eigenvalue weighted by Gasteiger charge is 2.09. The Labute approximate surface area is 137 Å². The standard InChI is InChI=1S/C15H14ClN3O2S/c1-20-14-6-5-11(15(18-14)21-2)19-22-13-8-17-12-7-9(16)3-4-10(12)13/h3-8,17,19H,1-2H3. The first-order chi connectivity index (χ1) is 10.7. The number of H-pyrrole nitrogens is 1. The third-order valence-electron chi connectivity index (χ3n) is 3.11. The third kappa shape index (κ3) is 2.93. The Bertz CT molecular complexity index is 807. The van der Waals surface area contributed by atoms with Gasteiger partial charge in [-0.05, 0) is 30.1 Å². The Morgan fingerprint density at radius 3 is 2.82 bits per heavy atom. The maximum atomic E-state index is 5.99. The summed E-state index contributed by atoms with van der Waals surface area (Å²) >= 11 is 7.46. The number of pyridine rings is 1. The van der Waals surface area contributed by atoms with E-state index in [1.165, 1.54) is 11.9 Å². The van der Waals surface area contributed by atoms with Crippen molar-refractivity contribution in [1.82, 2.24) is 9.97 Å². The minimum Gasteiger partial charge on any atom is -0.481 e. The minimum absolute atomic E-state index is 0.481. The molecule has 0 radical (unpaired) electrons. The van der Waals surface area contributed by atoms with Gasteiger partial charge in [-0.25, -0.2) is 0 Å². The fourth-order valence-corrected chi connectivity index (χ4v) is 2.99. The van der Waals surface area contributed by atoms with Crippen LogP contribution >= 0.6 is 23.5 Å². The molecule has 0 aliphatic rings. The smallest absolute Gasteiger partial charge is 0.241 e. The van der Waals surface area contributed by atoms with Crippen LogP contribution in [0.25, 0.3) is 10.9 Å².